The molecule has 1 unspecified atom stereocenters. The van der Waals surface area contributed by atoms with Crippen LogP contribution < -0.4 is 5.56 Å². The predicted octanol–water partition coefficient (Wildman–Crippen LogP) is 1.22. The Hall–Kier alpha value is -1.63. The van der Waals surface area contributed by atoms with Crippen molar-refractivity contribution in [2.24, 2.45) is 0 Å². The summed E-state index contributed by atoms with van der Waals surface area (Å²) in [6.07, 6.45) is 3.37. The molecule has 0 bridgehead atoms. The van der Waals surface area contributed by atoms with Crippen LogP contribution in [0.1, 0.15) is 29.6 Å². The van der Waals surface area contributed by atoms with E-state index in [0.29, 0.717) is 13.0 Å². The number of hydrogen-bond acceptors (Lipinski definition) is 3. The Balaban J connectivity index is 2.28. The molecule has 2 rings (SSSR count). The predicted molar refractivity (Wildman–Crippen MR) is 71.1 cm³/mol. The maximum atomic E-state index is 12.3. The molecule has 1 aromatic rings. The number of likely N-dealkylation sites (tertiary alicyclic amines) is 1. The lowest BCUT2D eigenvalue weighted by molar-refractivity contribution is -0.143. The number of carbonyl (C=O) groups is 2. The molecule has 0 saturated carbocycles. The molecule has 0 aromatic carbocycles. The minimum Gasteiger partial charge on any atom is -0.480 e. The number of piperidine rings is 1. The van der Waals surface area contributed by atoms with Gasteiger partial charge in [0.25, 0.3) is 11.5 Å². The Labute approximate surface area is 117 Å². The van der Waals surface area contributed by atoms with Gasteiger partial charge in [-0.15, -0.1) is 0 Å². The minimum atomic E-state index is -0.989. The van der Waals surface area contributed by atoms with Crippen molar-refractivity contribution in [1.29, 1.82) is 0 Å². The largest absolute Gasteiger partial charge is 0.480 e. The molecule has 1 aromatic heterocycles. The number of amides is 1. The first-order valence-electron chi connectivity index (χ1n) is 5.92. The molecule has 0 radical (unpaired) electrons. The van der Waals surface area contributed by atoms with Gasteiger partial charge >= 0.3 is 5.97 Å². The van der Waals surface area contributed by atoms with E-state index < -0.39 is 12.0 Å². The second-order valence-electron chi connectivity index (χ2n) is 4.41. The molecule has 2 N–H and O–H groups in total. The molecule has 1 fully saturated rings. The number of halogens is 1. The summed E-state index contributed by atoms with van der Waals surface area (Å²) >= 11 is 3.05. The van der Waals surface area contributed by atoms with E-state index in [1.54, 1.807) is 0 Å². The number of carbonyl (C=O) groups excluding carboxylic acids is 1. The SMILES string of the molecule is O=C(O)C1CCCCN1C(=O)c1c[nH]c(=O)c(Br)c1. The first kappa shape index (κ1) is 13.8. The number of hydrogen-bond donors (Lipinski definition) is 2. The summed E-state index contributed by atoms with van der Waals surface area (Å²) < 4.78 is 0.252. The lowest BCUT2D eigenvalue weighted by Crippen LogP contribution is -2.48. The monoisotopic (exact) mass is 328 g/mol. The molecule has 1 aliphatic rings. The Bertz CT molecular complexity index is 569. The maximum Gasteiger partial charge on any atom is 0.326 e. The molecule has 1 amide bonds. The number of aliphatic carboxylic acids is 1. The number of aromatic amines is 1. The highest BCUT2D eigenvalue weighted by Gasteiger charge is 2.32. The van der Waals surface area contributed by atoms with Gasteiger partial charge in [-0.25, -0.2) is 4.79 Å². The molecule has 6 nitrogen and oxygen atoms in total. The number of nitrogens with zero attached hydrogens (tertiary/aromatic N) is 1. The molecule has 2 heterocycles. The van der Waals surface area contributed by atoms with Gasteiger partial charge in [0.05, 0.1) is 10.0 Å². The first-order valence-corrected chi connectivity index (χ1v) is 6.72. The van der Waals surface area contributed by atoms with E-state index in [2.05, 4.69) is 20.9 Å². The first-order chi connectivity index (χ1) is 9.00. The zero-order chi connectivity index (χ0) is 14.0. The van der Waals surface area contributed by atoms with E-state index in [4.69, 9.17) is 5.11 Å². The Morgan fingerprint density at radius 1 is 1.42 bits per heavy atom. The van der Waals surface area contributed by atoms with Crippen LogP contribution in [0.25, 0.3) is 0 Å². The summed E-state index contributed by atoms with van der Waals surface area (Å²) in [6, 6.07) is 0.626. The van der Waals surface area contributed by atoms with Gasteiger partial charge in [0.15, 0.2) is 0 Å². The highest BCUT2D eigenvalue weighted by molar-refractivity contribution is 9.10. The van der Waals surface area contributed by atoms with Crippen LogP contribution in [0.2, 0.25) is 0 Å². The highest BCUT2D eigenvalue weighted by Crippen LogP contribution is 2.20. The fourth-order valence-electron chi connectivity index (χ4n) is 2.18. The van der Waals surface area contributed by atoms with Crippen LogP contribution in [0.3, 0.4) is 0 Å². The van der Waals surface area contributed by atoms with Crippen LogP contribution in [0.5, 0.6) is 0 Å². The van der Waals surface area contributed by atoms with Crippen molar-refractivity contribution >= 4 is 27.8 Å². The molecule has 1 saturated heterocycles. The van der Waals surface area contributed by atoms with Crippen LogP contribution in [0.15, 0.2) is 21.5 Å². The number of pyridine rings is 1. The summed E-state index contributed by atoms with van der Waals surface area (Å²) in [7, 11) is 0. The average Bonchev–Trinajstić information content (AvgIpc) is 2.41. The molecule has 102 valence electrons. The summed E-state index contributed by atoms with van der Waals surface area (Å²) in [5, 5.41) is 9.14. The lowest BCUT2D eigenvalue weighted by Gasteiger charge is -2.32. The smallest absolute Gasteiger partial charge is 0.326 e. The van der Waals surface area contributed by atoms with Crippen LogP contribution in [0.4, 0.5) is 0 Å². The second kappa shape index (κ2) is 5.56. The summed E-state index contributed by atoms with van der Waals surface area (Å²) in [4.78, 5) is 38.5. The fourth-order valence-corrected chi connectivity index (χ4v) is 2.54. The lowest BCUT2D eigenvalue weighted by atomic mass is 10.0. The third kappa shape index (κ3) is 2.86. The van der Waals surface area contributed by atoms with Gasteiger partial charge in [-0.3, -0.25) is 9.59 Å². The van der Waals surface area contributed by atoms with Crippen LogP contribution in [0, 0.1) is 0 Å². The van der Waals surface area contributed by atoms with Crippen molar-refractivity contribution in [2.75, 3.05) is 6.54 Å². The fraction of sp³-hybridized carbons (Fsp3) is 0.417. The van der Waals surface area contributed by atoms with Crippen LogP contribution in [-0.4, -0.2) is 39.5 Å². The number of carboxylic acids is 1. The number of carboxylic acid groups (broad SMARTS) is 1. The number of rotatable bonds is 2. The van der Waals surface area contributed by atoms with Gasteiger partial charge in [-0.1, -0.05) is 0 Å². The third-order valence-corrected chi connectivity index (χ3v) is 3.74. The molecule has 0 spiro atoms. The number of aromatic nitrogens is 1. The number of nitrogens with one attached hydrogen (secondary N) is 1. The van der Waals surface area contributed by atoms with Crippen molar-refractivity contribution in [1.82, 2.24) is 9.88 Å². The van der Waals surface area contributed by atoms with E-state index in [-0.39, 0.29) is 21.5 Å². The standard InChI is InChI=1S/C12H13BrN2O4/c13-8-5-7(6-14-10(8)16)11(17)15-4-2-1-3-9(15)12(18)19/h5-6,9H,1-4H2,(H,14,16)(H,18,19). The molecule has 1 atom stereocenters. The zero-order valence-corrected chi connectivity index (χ0v) is 11.6. The summed E-state index contributed by atoms with van der Waals surface area (Å²) in [6.45, 7) is 0.423. The van der Waals surface area contributed by atoms with Gasteiger partial charge in [0.1, 0.15) is 6.04 Å². The second-order valence-corrected chi connectivity index (χ2v) is 5.27. The summed E-state index contributed by atoms with van der Waals surface area (Å²) in [5.74, 6) is -1.36. The van der Waals surface area contributed by atoms with Crippen molar-refractivity contribution in [3.8, 4) is 0 Å². The quantitative estimate of drug-likeness (QED) is 0.853. The van der Waals surface area contributed by atoms with E-state index in [1.807, 2.05) is 0 Å². The van der Waals surface area contributed by atoms with Gasteiger partial charge in [-0.2, -0.15) is 0 Å². The van der Waals surface area contributed by atoms with Crippen LogP contribution in [-0.2, 0) is 4.79 Å². The molecular weight excluding hydrogens is 316 g/mol. The third-order valence-electron chi connectivity index (χ3n) is 3.15. The molecule has 1 aliphatic heterocycles. The Morgan fingerprint density at radius 2 is 2.16 bits per heavy atom. The topological polar surface area (TPSA) is 90.5 Å². The normalized spacial score (nSPS) is 19.2. The van der Waals surface area contributed by atoms with Crippen molar-refractivity contribution in [3.05, 3.63) is 32.7 Å². The van der Waals surface area contributed by atoms with Gasteiger partial charge < -0.3 is 15.0 Å². The molecule has 7 heteroatoms. The molecule has 0 aliphatic carbocycles. The molecule has 19 heavy (non-hydrogen) atoms. The Morgan fingerprint density at radius 3 is 2.79 bits per heavy atom. The van der Waals surface area contributed by atoms with Gasteiger partial charge in [-0.05, 0) is 41.3 Å². The van der Waals surface area contributed by atoms with E-state index in [1.165, 1.54) is 17.2 Å². The van der Waals surface area contributed by atoms with Crippen molar-refractivity contribution in [3.63, 3.8) is 0 Å². The average molecular weight is 329 g/mol. The minimum absolute atomic E-state index is 0.252. The van der Waals surface area contributed by atoms with E-state index >= 15 is 0 Å². The Kier molecular flexibility index (Phi) is 4.04. The maximum absolute atomic E-state index is 12.3. The van der Waals surface area contributed by atoms with Gasteiger partial charge in [0, 0.05) is 12.7 Å². The van der Waals surface area contributed by atoms with E-state index in [0.717, 1.165) is 12.8 Å². The summed E-state index contributed by atoms with van der Waals surface area (Å²) in [5.41, 5.74) is -0.0513. The van der Waals surface area contributed by atoms with Gasteiger partial charge in [0.2, 0.25) is 0 Å². The van der Waals surface area contributed by atoms with E-state index in [9.17, 15) is 14.4 Å². The number of H-pyrrole nitrogens is 1. The van der Waals surface area contributed by atoms with Crippen LogP contribution >= 0.6 is 15.9 Å². The van der Waals surface area contributed by atoms with Crippen molar-refractivity contribution < 1.29 is 14.7 Å². The molecular formula is C12H13BrN2O4. The zero-order valence-electron chi connectivity index (χ0n) is 10.1. The highest BCUT2D eigenvalue weighted by atomic mass is 79.9. The van der Waals surface area contributed by atoms with Crippen molar-refractivity contribution in [2.45, 2.75) is 25.3 Å².